The van der Waals surface area contributed by atoms with E-state index in [1.165, 1.54) is 12.1 Å². The van der Waals surface area contributed by atoms with Crippen LogP contribution in [0.1, 0.15) is 0 Å². The minimum absolute atomic E-state index is 0.121. The molecule has 6 N–H and O–H groups in total. The van der Waals surface area contributed by atoms with E-state index in [0.717, 1.165) is 36.4 Å². The van der Waals surface area contributed by atoms with Crippen molar-refractivity contribution in [1.82, 2.24) is 0 Å². The van der Waals surface area contributed by atoms with E-state index >= 15 is 0 Å². The first-order chi connectivity index (χ1) is 15.5. The Morgan fingerprint density at radius 2 is 1.45 bits per heavy atom. The van der Waals surface area contributed by atoms with E-state index in [4.69, 9.17) is 10.3 Å². The Morgan fingerprint density at radius 1 is 0.848 bits per heavy atom. The molecule has 33 heavy (non-hydrogen) atoms. The van der Waals surface area contributed by atoms with Crippen molar-refractivity contribution < 1.29 is 33.2 Å². The van der Waals surface area contributed by atoms with Crippen LogP contribution in [0.3, 0.4) is 0 Å². The van der Waals surface area contributed by atoms with Crippen LogP contribution in [0, 0.1) is 10.1 Å². The van der Waals surface area contributed by atoms with Crippen molar-refractivity contribution in [1.29, 1.82) is 0 Å². The fraction of sp³-hybridized carbons (Fsp3) is 0. The molecule has 0 spiro atoms. The first-order valence-corrected chi connectivity index (χ1v) is 10.1. The molecule has 0 aliphatic heterocycles. The number of aromatic hydroxyl groups is 3. The number of nitrogens with zero attached hydrogens (tertiary/aromatic N) is 5. The lowest BCUT2D eigenvalue weighted by Crippen LogP contribution is -1.96. The molecular weight excluding hydrogens is 460 g/mol. The molecular formula is C18H14N6O8S. The molecule has 3 aromatic rings. The van der Waals surface area contributed by atoms with Crippen LogP contribution in [0.2, 0.25) is 0 Å². The molecule has 0 radical (unpaired) electrons. The molecule has 0 heterocycles. The maximum absolute atomic E-state index is 11.2. The lowest BCUT2D eigenvalue weighted by molar-refractivity contribution is -0.383. The summed E-state index contributed by atoms with van der Waals surface area (Å²) >= 11 is 0. The monoisotopic (exact) mass is 474 g/mol. The summed E-state index contributed by atoms with van der Waals surface area (Å²) in [5.41, 5.74) is 4.31. The number of nitro benzene ring substituents is 1. The van der Waals surface area contributed by atoms with Crippen molar-refractivity contribution in [2.45, 2.75) is 4.90 Å². The number of nitro groups is 1. The summed E-state index contributed by atoms with van der Waals surface area (Å²) in [5.74, 6) is -1.45. The predicted octanol–water partition coefficient (Wildman–Crippen LogP) is 4.37. The summed E-state index contributed by atoms with van der Waals surface area (Å²) in [7, 11) is -4.57. The molecule has 0 atom stereocenters. The SMILES string of the molecule is Nc1cc(N=Nc2cc(O)cc(N=Nc3cc(S(=O)(=O)O)ccc3O)c2O)ccc1[N+](=O)[O-]. The highest BCUT2D eigenvalue weighted by atomic mass is 32.2. The quantitative estimate of drug-likeness (QED) is 0.0850. The third-order valence-corrected chi connectivity index (χ3v) is 4.90. The number of hydrogen-bond donors (Lipinski definition) is 5. The zero-order valence-corrected chi connectivity index (χ0v) is 17.1. The lowest BCUT2D eigenvalue weighted by atomic mass is 10.2. The van der Waals surface area contributed by atoms with Crippen LogP contribution in [0.5, 0.6) is 17.2 Å². The molecule has 170 valence electrons. The minimum atomic E-state index is -4.57. The zero-order valence-electron chi connectivity index (χ0n) is 16.3. The van der Waals surface area contributed by atoms with Gasteiger partial charge in [0.1, 0.15) is 34.2 Å². The normalized spacial score (nSPS) is 11.9. The van der Waals surface area contributed by atoms with Crippen LogP contribution >= 0.6 is 0 Å². The van der Waals surface area contributed by atoms with E-state index < -0.39 is 37.2 Å². The van der Waals surface area contributed by atoms with Crippen molar-refractivity contribution in [3.63, 3.8) is 0 Å². The Balaban J connectivity index is 1.94. The number of nitrogens with two attached hydrogens (primary N) is 1. The molecule has 0 bridgehead atoms. The van der Waals surface area contributed by atoms with Gasteiger partial charge in [0.25, 0.3) is 15.8 Å². The average molecular weight is 474 g/mol. The summed E-state index contributed by atoms with van der Waals surface area (Å²) in [4.78, 5) is 9.60. The number of anilines is 1. The number of phenols is 3. The van der Waals surface area contributed by atoms with E-state index in [1.807, 2.05) is 0 Å². The van der Waals surface area contributed by atoms with Gasteiger partial charge in [-0.3, -0.25) is 14.7 Å². The van der Waals surface area contributed by atoms with Gasteiger partial charge in [0, 0.05) is 18.2 Å². The maximum atomic E-state index is 11.2. The van der Waals surface area contributed by atoms with Gasteiger partial charge in [-0.25, -0.2) is 0 Å². The minimum Gasteiger partial charge on any atom is -0.508 e. The molecule has 0 aliphatic carbocycles. The van der Waals surface area contributed by atoms with Crippen molar-refractivity contribution >= 4 is 44.2 Å². The number of azo groups is 2. The van der Waals surface area contributed by atoms with Gasteiger partial charge in [0.15, 0.2) is 5.75 Å². The molecule has 3 aromatic carbocycles. The summed E-state index contributed by atoms with van der Waals surface area (Å²) in [5, 5.41) is 55.7. The number of rotatable bonds is 6. The van der Waals surface area contributed by atoms with E-state index in [0.29, 0.717) is 0 Å². The summed E-state index contributed by atoms with van der Waals surface area (Å²) in [6, 6.07) is 8.38. The van der Waals surface area contributed by atoms with Crippen LogP contribution < -0.4 is 5.73 Å². The van der Waals surface area contributed by atoms with Gasteiger partial charge in [-0.15, -0.1) is 15.3 Å². The van der Waals surface area contributed by atoms with Gasteiger partial charge >= 0.3 is 0 Å². The summed E-state index contributed by atoms with van der Waals surface area (Å²) in [6.07, 6.45) is 0. The van der Waals surface area contributed by atoms with Gasteiger partial charge in [-0.2, -0.15) is 13.5 Å². The Morgan fingerprint density at radius 3 is 2.03 bits per heavy atom. The van der Waals surface area contributed by atoms with Gasteiger partial charge in [0.2, 0.25) is 0 Å². The highest BCUT2D eigenvalue weighted by molar-refractivity contribution is 7.85. The van der Waals surface area contributed by atoms with E-state index in [1.54, 1.807) is 0 Å². The van der Waals surface area contributed by atoms with Gasteiger partial charge < -0.3 is 21.1 Å². The molecule has 0 amide bonds. The predicted molar refractivity (Wildman–Crippen MR) is 114 cm³/mol. The van der Waals surface area contributed by atoms with Gasteiger partial charge in [-0.05, 0) is 30.3 Å². The molecule has 0 saturated heterocycles. The van der Waals surface area contributed by atoms with Crippen molar-refractivity contribution in [2.75, 3.05) is 5.73 Å². The third-order valence-electron chi connectivity index (χ3n) is 4.05. The highest BCUT2D eigenvalue weighted by Crippen LogP contribution is 2.42. The molecule has 0 saturated carbocycles. The Hall–Kier alpha value is -4.63. The second-order valence-corrected chi connectivity index (χ2v) is 7.78. The van der Waals surface area contributed by atoms with Gasteiger partial charge in [-0.1, -0.05) is 0 Å². The molecule has 0 aromatic heterocycles. The molecule has 3 rings (SSSR count). The number of phenolic OH excluding ortho intramolecular Hbond substituents is 3. The lowest BCUT2D eigenvalue weighted by Gasteiger charge is -2.04. The van der Waals surface area contributed by atoms with Crippen LogP contribution in [0.15, 0.2) is 73.9 Å². The van der Waals surface area contributed by atoms with Crippen LogP contribution in [-0.2, 0) is 10.1 Å². The maximum Gasteiger partial charge on any atom is 0.294 e. The Bertz CT molecular complexity index is 1420. The standard InChI is InChI=1S/C18H14N6O8S/c19-12-5-9(1-3-16(12)24(28)29)20-22-14-6-10(25)7-15(18(14)27)23-21-13-8-11(33(30,31)32)2-4-17(13)26/h1-8,25-27H,19H2,(H,30,31,32). The third kappa shape index (κ3) is 5.35. The van der Waals surface area contributed by atoms with E-state index in [2.05, 4.69) is 20.5 Å². The first-order valence-electron chi connectivity index (χ1n) is 8.69. The molecule has 0 fully saturated rings. The van der Waals surface area contributed by atoms with Crippen molar-refractivity contribution in [2.24, 2.45) is 20.5 Å². The number of hydrogen-bond acceptors (Lipinski definition) is 12. The Kier molecular flexibility index (Phi) is 6.18. The second-order valence-electron chi connectivity index (χ2n) is 6.36. The van der Waals surface area contributed by atoms with Crippen LogP contribution in [0.4, 0.5) is 34.1 Å². The van der Waals surface area contributed by atoms with Gasteiger partial charge in [0.05, 0.1) is 15.5 Å². The highest BCUT2D eigenvalue weighted by Gasteiger charge is 2.14. The summed E-state index contributed by atoms with van der Waals surface area (Å²) < 4.78 is 31.6. The van der Waals surface area contributed by atoms with Crippen LogP contribution in [0.25, 0.3) is 0 Å². The topological polar surface area (TPSA) is 234 Å². The van der Waals surface area contributed by atoms with Crippen LogP contribution in [-0.4, -0.2) is 33.2 Å². The zero-order chi connectivity index (χ0) is 24.3. The fourth-order valence-electron chi connectivity index (χ4n) is 2.48. The van der Waals surface area contributed by atoms with Crippen molar-refractivity contribution in [3.8, 4) is 17.2 Å². The molecule has 0 aliphatic rings. The van der Waals surface area contributed by atoms with E-state index in [-0.39, 0.29) is 34.1 Å². The van der Waals surface area contributed by atoms with Crippen molar-refractivity contribution in [3.05, 3.63) is 58.6 Å². The smallest absolute Gasteiger partial charge is 0.294 e. The number of benzene rings is 3. The fourth-order valence-corrected chi connectivity index (χ4v) is 2.98. The second kappa shape index (κ2) is 8.85. The summed E-state index contributed by atoms with van der Waals surface area (Å²) in [6.45, 7) is 0. The first kappa shape index (κ1) is 23.0. The molecule has 14 nitrogen and oxygen atoms in total. The largest absolute Gasteiger partial charge is 0.508 e. The molecule has 0 unspecified atom stereocenters. The van der Waals surface area contributed by atoms with E-state index in [9.17, 15) is 33.9 Å². The number of nitrogen functional groups attached to an aromatic ring is 1. The average Bonchev–Trinajstić information content (AvgIpc) is 2.73. The molecule has 15 heteroatoms. The Labute approximate surface area is 184 Å².